The van der Waals surface area contributed by atoms with Gasteiger partial charge in [0.2, 0.25) is 0 Å². The summed E-state index contributed by atoms with van der Waals surface area (Å²) in [6.07, 6.45) is 0.949. The normalized spacial score (nSPS) is 10.3. The Labute approximate surface area is 124 Å². The second-order valence-electron chi connectivity index (χ2n) is 4.10. The molecule has 0 saturated carbocycles. The van der Waals surface area contributed by atoms with Crippen LogP contribution < -0.4 is 5.43 Å². The Morgan fingerprint density at radius 1 is 1.41 bits per heavy atom. The highest BCUT2D eigenvalue weighted by Crippen LogP contribution is 2.30. The molecule has 0 aliphatic heterocycles. The molecule has 110 valence electrons. The Balaban J connectivity index is 2.16. The molecule has 1 aromatic carbocycles. The first-order valence-corrected chi connectivity index (χ1v) is 6.14. The number of nitro groups is 1. The molecule has 1 heterocycles. The maximum atomic E-state index is 11.0. The third kappa shape index (κ3) is 3.55. The van der Waals surface area contributed by atoms with E-state index in [1.165, 1.54) is 12.3 Å². The SMILES string of the molecule is N#CCC(=O)N/N=C/c1ccc(-c2ccccc2[N+](=O)[O-])o1. The molecule has 0 unspecified atom stereocenters. The minimum absolute atomic E-state index is 0.0670. The molecule has 0 aliphatic rings. The minimum atomic E-state index is -0.538. The van der Waals surface area contributed by atoms with Gasteiger partial charge in [0.25, 0.3) is 11.6 Å². The van der Waals surface area contributed by atoms with Crippen LogP contribution in [0.4, 0.5) is 5.69 Å². The average Bonchev–Trinajstić information content (AvgIpc) is 2.96. The summed E-state index contributed by atoms with van der Waals surface area (Å²) in [6, 6.07) is 11.0. The van der Waals surface area contributed by atoms with E-state index < -0.39 is 10.8 Å². The molecule has 8 heteroatoms. The molecule has 0 atom stereocenters. The predicted molar refractivity (Wildman–Crippen MR) is 76.8 cm³/mol. The summed E-state index contributed by atoms with van der Waals surface area (Å²) < 4.78 is 5.43. The molecule has 0 radical (unpaired) electrons. The lowest BCUT2D eigenvalue weighted by Crippen LogP contribution is -2.15. The number of nitriles is 1. The molecule has 0 bridgehead atoms. The van der Waals surface area contributed by atoms with Crippen molar-refractivity contribution in [3.63, 3.8) is 0 Å². The van der Waals surface area contributed by atoms with Gasteiger partial charge in [-0.25, -0.2) is 5.43 Å². The molecule has 1 N–H and O–H groups in total. The van der Waals surface area contributed by atoms with E-state index in [0.29, 0.717) is 17.1 Å². The first-order chi connectivity index (χ1) is 10.6. The number of carbonyl (C=O) groups excluding carboxylic acids is 1. The monoisotopic (exact) mass is 298 g/mol. The molecular weight excluding hydrogens is 288 g/mol. The summed E-state index contributed by atoms with van der Waals surface area (Å²) in [7, 11) is 0. The predicted octanol–water partition coefficient (Wildman–Crippen LogP) is 2.22. The van der Waals surface area contributed by atoms with Gasteiger partial charge in [-0.3, -0.25) is 14.9 Å². The van der Waals surface area contributed by atoms with Crippen LogP contribution in [0.1, 0.15) is 12.2 Å². The van der Waals surface area contributed by atoms with Gasteiger partial charge in [0, 0.05) is 6.07 Å². The van der Waals surface area contributed by atoms with E-state index in [9.17, 15) is 14.9 Å². The Bertz CT molecular complexity index is 773. The number of para-hydroxylation sites is 1. The van der Waals surface area contributed by atoms with Gasteiger partial charge in [-0.1, -0.05) is 12.1 Å². The van der Waals surface area contributed by atoms with E-state index in [1.807, 2.05) is 0 Å². The molecule has 1 amide bonds. The van der Waals surface area contributed by atoms with Gasteiger partial charge in [-0.15, -0.1) is 0 Å². The summed E-state index contributed by atoms with van der Waals surface area (Å²) >= 11 is 0. The van der Waals surface area contributed by atoms with E-state index in [4.69, 9.17) is 9.68 Å². The van der Waals surface area contributed by atoms with Crippen LogP contribution >= 0.6 is 0 Å². The largest absolute Gasteiger partial charge is 0.455 e. The fraction of sp³-hybridized carbons (Fsp3) is 0.0714. The van der Waals surface area contributed by atoms with Crippen LogP contribution in [0, 0.1) is 21.4 Å². The van der Waals surface area contributed by atoms with Crippen molar-refractivity contribution in [1.29, 1.82) is 5.26 Å². The van der Waals surface area contributed by atoms with Gasteiger partial charge in [0.1, 0.15) is 17.9 Å². The number of furan rings is 1. The highest BCUT2D eigenvalue weighted by atomic mass is 16.6. The quantitative estimate of drug-likeness (QED) is 0.515. The number of nitro benzene ring substituents is 1. The molecule has 0 saturated heterocycles. The topological polar surface area (TPSA) is 122 Å². The summed E-state index contributed by atoms with van der Waals surface area (Å²) in [4.78, 5) is 21.5. The van der Waals surface area contributed by atoms with Crippen molar-refractivity contribution < 1.29 is 14.1 Å². The van der Waals surface area contributed by atoms with Gasteiger partial charge >= 0.3 is 0 Å². The highest BCUT2D eigenvalue weighted by molar-refractivity contribution is 5.82. The van der Waals surface area contributed by atoms with E-state index in [2.05, 4.69) is 10.5 Å². The lowest BCUT2D eigenvalue weighted by Gasteiger charge is -1.98. The van der Waals surface area contributed by atoms with E-state index in [0.717, 1.165) is 0 Å². The van der Waals surface area contributed by atoms with Gasteiger partial charge in [0.05, 0.1) is 22.8 Å². The van der Waals surface area contributed by atoms with Crippen LogP contribution in [0.3, 0.4) is 0 Å². The zero-order valence-electron chi connectivity index (χ0n) is 11.2. The fourth-order valence-electron chi connectivity index (χ4n) is 1.69. The van der Waals surface area contributed by atoms with Crippen molar-refractivity contribution in [2.24, 2.45) is 5.10 Å². The molecule has 2 rings (SSSR count). The Morgan fingerprint density at radius 2 is 2.18 bits per heavy atom. The highest BCUT2D eigenvalue weighted by Gasteiger charge is 2.16. The standard InChI is InChI=1S/C14H10N4O4/c15-8-7-14(19)17-16-9-10-5-6-13(22-10)11-3-1-2-4-12(11)18(20)21/h1-6,9H,7H2,(H,17,19)/b16-9+. The van der Waals surface area contributed by atoms with Crippen molar-refractivity contribution in [2.75, 3.05) is 0 Å². The Hall–Kier alpha value is -3.47. The fourth-order valence-corrected chi connectivity index (χ4v) is 1.69. The van der Waals surface area contributed by atoms with Crippen LogP contribution in [0.5, 0.6) is 0 Å². The van der Waals surface area contributed by atoms with E-state index in [1.54, 1.807) is 36.4 Å². The number of amides is 1. The Morgan fingerprint density at radius 3 is 2.91 bits per heavy atom. The number of benzene rings is 1. The minimum Gasteiger partial charge on any atom is -0.455 e. The van der Waals surface area contributed by atoms with Crippen molar-refractivity contribution in [2.45, 2.75) is 6.42 Å². The number of nitrogens with zero attached hydrogens (tertiary/aromatic N) is 3. The first-order valence-electron chi connectivity index (χ1n) is 6.14. The maximum Gasteiger partial charge on any atom is 0.280 e. The second kappa shape index (κ2) is 6.81. The lowest BCUT2D eigenvalue weighted by molar-refractivity contribution is -0.384. The summed E-state index contributed by atoms with van der Waals surface area (Å²) in [6.45, 7) is 0. The molecule has 0 spiro atoms. The number of hydrogen-bond acceptors (Lipinski definition) is 6. The summed E-state index contributed by atoms with van der Waals surface area (Å²) in [5.41, 5.74) is 2.43. The lowest BCUT2D eigenvalue weighted by atomic mass is 10.1. The second-order valence-corrected chi connectivity index (χ2v) is 4.10. The molecule has 22 heavy (non-hydrogen) atoms. The average molecular weight is 298 g/mol. The van der Waals surface area contributed by atoms with Crippen molar-refractivity contribution in [1.82, 2.24) is 5.43 Å². The zero-order valence-corrected chi connectivity index (χ0v) is 11.2. The molecule has 0 fully saturated rings. The summed E-state index contributed by atoms with van der Waals surface area (Å²) in [5, 5.41) is 22.9. The van der Waals surface area contributed by atoms with Crippen LogP contribution in [0.2, 0.25) is 0 Å². The van der Waals surface area contributed by atoms with E-state index in [-0.39, 0.29) is 12.1 Å². The third-order valence-corrected chi connectivity index (χ3v) is 2.61. The van der Waals surface area contributed by atoms with E-state index >= 15 is 0 Å². The van der Waals surface area contributed by atoms with Gasteiger partial charge in [-0.2, -0.15) is 10.4 Å². The maximum absolute atomic E-state index is 11.0. The number of carbonyl (C=O) groups is 1. The molecule has 1 aromatic heterocycles. The van der Waals surface area contributed by atoms with Crippen molar-refractivity contribution in [3.8, 4) is 17.4 Å². The molecule has 8 nitrogen and oxygen atoms in total. The third-order valence-electron chi connectivity index (χ3n) is 2.61. The summed E-state index contributed by atoms with van der Waals surface area (Å²) in [5.74, 6) is 0.0896. The number of nitrogens with one attached hydrogen (secondary N) is 1. The smallest absolute Gasteiger partial charge is 0.280 e. The first kappa shape index (κ1) is 14.9. The van der Waals surface area contributed by atoms with Crippen LogP contribution in [0.15, 0.2) is 45.9 Å². The Kier molecular flexibility index (Phi) is 4.62. The molecule has 2 aromatic rings. The van der Waals surface area contributed by atoms with Crippen LogP contribution in [-0.2, 0) is 4.79 Å². The van der Waals surface area contributed by atoms with Gasteiger partial charge in [0.15, 0.2) is 0 Å². The van der Waals surface area contributed by atoms with Crippen molar-refractivity contribution in [3.05, 3.63) is 52.3 Å². The van der Waals surface area contributed by atoms with Crippen LogP contribution in [-0.4, -0.2) is 17.0 Å². The van der Waals surface area contributed by atoms with Crippen LogP contribution in [0.25, 0.3) is 11.3 Å². The molecule has 0 aliphatic carbocycles. The van der Waals surface area contributed by atoms with Gasteiger partial charge in [-0.05, 0) is 18.2 Å². The number of hydrazone groups is 1. The number of hydrogen-bond donors (Lipinski definition) is 1. The number of rotatable bonds is 5. The van der Waals surface area contributed by atoms with Gasteiger partial charge < -0.3 is 4.42 Å². The van der Waals surface area contributed by atoms with Crippen molar-refractivity contribution >= 4 is 17.8 Å². The molecular formula is C14H10N4O4. The zero-order chi connectivity index (χ0) is 15.9.